The summed E-state index contributed by atoms with van der Waals surface area (Å²) >= 11 is 0. The summed E-state index contributed by atoms with van der Waals surface area (Å²) in [5, 5.41) is 12.4. The van der Waals surface area contributed by atoms with Gasteiger partial charge in [0.25, 0.3) is 0 Å². The van der Waals surface area contributed by atoms with E-state index in [9.17, 15) is 0 Å². The molecule has 3 heteroatoms. The minimum atomic E-state index is 0.259. The van der Waals surface area contributed by atoms with Crippen LogP contribution in [0.25, 0.3) is 0 Å². The van der Waals surface area contributed by atoms with E-state index in [0.717, 1.165) is 19.5 Å². The van der Waals surface area contributed by atoms with Crippen molar-refractivity contribution in [1.29, 1.82) is 5.26 Å². The Hall–Kier alpha value is -0.590. The summed E-state index contributed by atoms with van der Waals surface area (Å²) in [6, 6.07) is 2.85. The molecule has 0 heterocycles. The predicted octanol–water partition coefficient (Wildman–Crippen LogP) is 1.22. The molecule has 0 saturated heterocycles. The summed E-state index contributed by atoms with van der Waals surface area (Å²) in [6.45, 7) is 2.16. The quantitative estimate of drug-likeness (QED) is 0.670. The van der Waals surface area contributed by atoms with Gasteiger partial charge < -0.3 is 10.2 Å². The molecule has 2 unspecified atom stereocenters. The molecule has 0 aromatic rings. The molecule has 0 spiro atoms. The normalized spacial score (nSPS) is 26.7. The van der Waals surface area contributed by atoms with E-state index >= 15 is 0 Å². The van der Waals surface area contributed by atoms with Gasteiger partial charge in [0.15, 0.2) is 0 Å². The van der Waals surface area contributed by atoms with Crippen LogP contribution in [0.3, 0.4) is 0 Å². The first-order valence-electron chi connectivity index (χ1n) is 5.51. The molecular formula is C11H21N3. The van der Waals surface area contributed by atoms with Crippen molar-refractivity contribution in [3.05, 3.63) is 0 Å². The number of nitriles is 1. The lowest BCUT2D eigenvalue weighted by Crippen LogP contribution is -2.33. The Morgan fingerprint density at radius 1 is 1.43 bits per heavy atom. The first-order valence-corrected chi connectivity index (χ1v) is 5.51. The molecule has 1 N–H and O–H groups in total. The minimum Gasteiger partial charge on any atom is -0.313 e. The number of hydrogen-bond donors (Lipinski definition) is 1. The molecule has 14 heavy (non-hydrogen) atoms. The van der Waals surface area contributed by atoms with Gasteiger partial charge in [0.05, 0.1) is 12.0 Å². The molecule has 80 valence electrons. The Labute approximate surface area is 87.1 Å². The van der Waals surface area contributed by atoms with E-state index < -0.39 is 0 Å². The van der Waals surface area contributed by atoms with Crippen LogP contribution < -0.4 is 5.32 Å². The molecule has 1 saturated carbocycles. The second-order valence-corrected chi connectivity index (χ2v) is 4.38. The largest absolute Gasteiger partial charge is 0.313 e. The molecule has 0 amide bonds. The van der Waals surface area contributed by atoms with E-state index in [4.69, 9.17) is 5.26 Å². The van der Waals surface area contributed by atoms with E-state index in [2.05, 4.69) is 30.4 Å². The average molecular weight is 195 g/mol. The standard InChI is InChI=1S/C11H21N3/c1-14(2)8-4-7-13-11-6-3-5-10(11)9-12/h10-11,13H,3-8H2,1-2H3. The van der Waals surface area contributed by atoms with Crippen molar-refractivity contribution < 1.29 is 0 Å². The molecule has 0 bridgehead atoms. The van der Waals surface area contributed by atoms with Crippen molar-refractivity contribution in [1.82, 2.24) is 10.2 Å². The highest BCUT2D eigenvalue weighted by atomic mass is 15.1. The third-order valence-corrected chi connectivity index (χ3v) is 2.87. The molecule has 0 aliphatic heterocycles. The third-order valence-electron chi connectivity index (χ3n) is 2.87. The minimum absolute atomic E-state index is 0.259. The number of hydrogen-bond acceptors (Lipinski definition) is 3. The van der Waals surface area contributed by atoms with Crippen molar-refractivity contribution in [2.24, 2.45) is 5.92 Å². The molecule has 0 aromatic heterocycles. The SMILES string of the molecule is CN(C)CCCNC1CCCC1C#N. The second kappa shape index (κ2) is 6.00. The lowest BCUT2D eigenvalue weighted by atomic mass is 10.1. The topological polar surface area (TPSA) is 39.1 Å². The fourth-order valence-corrected chi connectivity index (χ4v) is 2.04. The number of rotatable bonds is 5. The fraction of sp³-hybridized carbons (Fsp3) is 0.909. The molecule has 1 aliphatic carbocycles. The lowest BCUT2D eigenvalue weighted by Gasteiger charge is -2.16. The Morgan fingerprint density at radius 2 is 2.21 bits per heavy atom. The van der Waals surface area contributed by atoms with E-state index in [-0.39, 0.29) is 5.92 Å². The average Bonchev–Trinajstić information content (AvgIpc) is 2.59. The molecule has 1 fully saturated rings. The first kappa shape index (κ1) is 11.5. The van der Waals surface area contributed by atoms with Gasteiger partial charge in [-0.15, -0.1) is 0 Å². The van der Waals surface area contributed by atoms with Gasteiger partial charge in [-0.3, -0.25) is 0 Å². The predicted molar refractivity (Wildman–Crippen MR) is 57.9 cm³/mol. The zero-order valence-corrected chi connectivity index (χ0v) is 9.29. The maximum absolute atomic E-state index is 8.88. The van der Waals surface area contributed by atoms with Crippen LogP contribution in [0.5, 0.6) is 0 Å². The summed E-state index contributed by atoms with van der Waals surface area (Å²) in [7, 11) is 4.18. The number of nitrogens with zero attached hydrogens (tertiary/aromatic N) is 2. The molecule has 1 rings (SSSR count). The molecule has 2 atom stereocenters. The van der Waals surface area contributed by atoms with Crippen LogP contribution in [-0.2, 0) is 0 Å². The summed E-state index contributed by atoms with van der Waals surface area (Å²) in [5.74, 6) is 0.259. The van der Waals surface area contributed by atoms with Crippen molar-refractivity contribution in [2.45, 2.75) is 31.7 Å². The summed E-state index contributed by atoms with van der Waals surface area (Å²) in [6.07, 6.45) is 4.65. The monoisotopic (exact) mass is 195 g/mol. The highest BCUT2D eigenvalue weighted by Crippen LogP contribution is 2.24. The molecule has 3 nitrogen and oxygen atoms in total. The van der Waals surface area contributed by atoms with E-state index in [1.165, 1.54) is 19.3 Å². The Morgan fingerprint density at radius 3 is 2.86 bits per heavy atom. The van der Waals surface area contributed by atoms with Crippen molar-refractivity contribution in [3.8, 4) is 6.07 Å². The summed E-state index contributed by atoms with van der Waals surface area (Å²) in [5.41, 5.74) is 0. The van der Waals surface area contributed by atoms with Gasteiger partial charge in [0.2, 0.25) is 0 Å². The summed E-state index contributed by atoms with van der Waals surface area (Å²) < 4.78 is 0. The van der Waals surface area contributed by atoms with E-state index in [1.807, 2.05) is 0 Å². The highest BCUT2D eigenvalue weighted by Gasteiger charge is 2.25. The summed E-state index contributed by atoms with van der Waals surface area (Å²) in [4.78, 5) is 2.19. The Kier molecular flexibility index (Phi) is 4.92. The van der Waals surface area contributed by atoms with Crippen molar-refractivity contribution >= 4 is 0 Å². The maximum Gasteiger partial charge on any atom is 0.0672 e. The third kappa shape index (κ3) is 3.65. The first-order chi connectivity index (χ1) is 6.74. The van der Waals surface area contributed by atoms with Gasteiger partial charge in [-0.25, -0.2) is 0 Å². The second-order valence-electron chi connectivity index (χ2n) is 4.38. The van der Waals surface area contributed by atoms with Crippen molar-refractivity contribution in [3.63, 3.8) is 0 Å². The van der Waals surface area contributed by atoms with Crippen LogP contribution in [0.15, 0.2) is 0 Å². The molecular weight excluding hydrogens is 174 g/mol. The fourth-order valence-electron chi connectivity index (χ4n) is 2.04. The van der Waals surface area contributed by atoms with Gasteiger partial charge in [-0.1, -0.05) is 6.42 Å². The lowest BCUT2D eigenvalue weighted by molar-refractivity contribution is 0.379. The van der Waals surface area contributed by atoms with Gasteiger partial charge >= 0.3 is 0 Å². The smallest absolute Gasteiger partial charge is 0.0672 e. The highest BCUT2D eigenvalue weighted by molar-refractivity contribution is 4.96. The molecule has 0 radical (unpaired) electrons. The van der Waals surface area contributed by atoms with Crippen LogP contribution in [0, 0.1) is 17.2 Å². The Balaban J connectivity index is 2.09. The van der Waals surface area contributed by atoms with Crippen LogP contribution >= 0.6 is 0 Å². The van der Waals surface area contributed by atoms with Crippen LogP contribution in [0.2, 0.25) is 0 Å². The van der Waals surface area contributed by atoms with E-state index in [0.29, 0.717) is 6.04 Å². The zero-order chi connectivity index (χ0) is 10.4. The van der Waals surface area contributed by atoms with E-state index in [1.54, 1.807) is 0 Å². The van der Waals surface area contributed by atoms with Gasteiger partial charge in [-0.05, 0) is 46.4 Å². The molecule has 0 aromatic carbocycles. The van der Waals surface area contributed by atoms with Gasteiger partial charge in [0, 0.05) is 6.04 Å². The maximum atomic E-state index is 8.88. The van der Waals surface area contributed by atoms with Crippen molar-refractivity contribution in [2.75, 3.05) is 27.2 Å². The van der Waals surface area contributed by atoms with Gasteiger partial charge in [0.1, 0.15) is 0 Å². The number of nitrogens with one attached hydrogen (secondary N) is 1. The zero-order valence-electron chi connectivity index (χ0n) is 9.29. The van der Waals surface area contributed by atoms with Crippen LogP contribution in [0.1, 0.15) is 25.7 Å². The van der Waals surface area contributed by atoms with Gasteiger partial charge in [-0.2, -0.15) is 5.26 Å². The van der Waals surface area contributed by atoms with Crippen LogP contribution in [0.4, 0.5) is 0 Å². The Bertz CT molecular complexity index is 195. The molecule has 1 aliphatic rings. The van der Waals surface area contributed by atoms with Crippen LogP contribution in [-0.4, -0.2) is 38.1 Å².